The van der Waals surface area contributed by atoms with E-state index in [9.17, 15) is 18.0 Å². The zero-order valence-electron chi connectivity index (χ0n) is 18.2. The number of ketones is 1. The Morgan fingerprint density at radius 2 is 1.78 bits per heavy atom. The minimum atomic E-state index is -3.76. The molecule has 1 aliphatic rings. The molecule has 32 heavy (non-hydrogen) atoms. The second kappa shape index (κ2) is 10.6. The maximum Gasteiger partial charge on any atom is 0.309 e. The fraction of sp³-hybridized carbons (Fsp3) is 0.391. The van der Waals surface area contributed by atoms with Crippen molar-refractivity contribution in [2.24, 2.45) is 5.92 Å². The Morgan fingerprint density at radius 3 is 2.41 bits per heavy atom. The van der Waals surface area contributed by atoms with E-state index >= 15 is 0 Å². The summed E-state index contributed by atoms with van der Waals surface area (Å²) in [7, 11) is -2.18. The average Bonchev–Trinajstić information content (AvgIpc) is 2.83. The van der Waals surface area contributed by atoms with Gasteiger partial charge in [0.15, 0.2) is 5.78 Å². The highest BCUT2D eigenvalue weighted by Gasteiger charge is 2.32. The third-order valence-corrected chi connectivity index (χ3v) is 7.31. The Morgan fingerprint density at radius 1 is 1.09 bits per heavy atom. The Kier molecular flexibility index (Phi) is 7.87. The van der Waals surface area contributed by atoms with Gasteiger partial charge in [-0.3, -0.25) is 9.59 Å². The van der Waals surface area contributed by atoms with Crippen molar-refractivity contribution in [1.29, 1.82) is 0 Å². The van der Waals surface area contributed by atoms with Crippen LogP contribution in [0, 0.1) is 5.92 Å². The molecule has 172 valence electrons. The van der Waals surface area contributed by atoms with E-state index in [1.54, 1.807) is 50.4 Å². The van der Waals surface area contributed by atoms with E-state index in [2.05, 4.69) is 5.32 Å². The highest BCUT2D eigenvalue weighted by molar-refractivity contribution is 7.89. The summed E-state index contributed by atoms with van der Waals surface area (Å²) < 4.78 is 37.7. The first kappa shape index (κ1) is 23.7. The molecule has 0 amide bonds. The molecule has 2 aromatic carbocycles. The van der Waals surface area contributed by atoms with Gasteiger partial charge in [0.1, 0.15) is 5.75 Å². The number of ether oxygens (including phenoxy) is 2. The SMILES string of the molecule is CCOC(=O)C1CCN(S(=O)(=O)c2cccc(C(=O)CNc3ccc(OC)cc3)c2)CC1. The summed E-state index contributed by atoms with van der Waals surface area (Å²) in [6.45, 7) is 2.57. The van der Waals surface area contributed by atoms with Crippen LogP contribution in [0.15, 0.2) is 53.4 Å². The second-order valence-corrected chi connectivity index (χ2v) is 9.40. The van der Waals surface area contributed by atoms with E-state index in [0.29, 0.717) is 30.8 Å². The van der Waals surface area contributed by atoms with Gasteiger partial charge in [-0.05, 0) is 56.2 Å². The lowest BCUT2D eigenvalue weighted by Crippen LogP contribution is -2.40. The van der Waals surface area contributed by atoms with Crippen molar-refractivity contribution in [3.05, 3.63) is 54.1 Å². The number of esters is 1. The summed E-state index contributed by atoms with van der Waals surface area (Å²) >= 11 is 0. The molecule has 0 saturated carbocycles. The Bertz CT molecular complexity index is 1040. The summed E-state index contributed by atoms with van der Waals surface area (Å²) in [5.74, 6) is -0.0650. The van der Waals surface area contributed by atoms with Crippen LogP contribution in [0.1, 0.15) is 30.1 Å². The molecule has 3 rings (SSSR count). The number of rotatable bonds is 9. The lowest BCUT2D eigenvalue weighted by Gasteiger charge is -2.30. The number of sulfonamides is 1. The van der Waals surface area contributed by atoms with Crippen molar-refractivity contribution in [1.82, 2.24) is 4.31 Å². The number of Topliss-reactive ketones (excluding diaryl/α,β-unsaturated/α-hetero) is 1. The van der Waals surface area contributed by atoms with Crippen LogP contribution in [0.5, 0.6) is 5.75 Å². The number of hydrogen-bond donors (Lipinski definition) is 1. The van der Waals surface area contributed by atoms with Gasteiger partial charge in [-0.1, -0.05) is 12.1 Å². The molecule has 0 unspecified atom stereocenters. The van der Waals surface area contributed by atoms with Crippen molar-refractivity contribution in [3.8, 4) is 5.75 Å². The predicted molar refractivity (Wildman–Crippen MR) is 120 cm³/mol. The van der Waals surface area contributed by atoms with Crippen molar-refractivity contribution < 1.29 is 27.5 Å². The number of anilines is 1. The Hall–Kier alpha value is -2.91. The molecule has 1 saturated heterocycles. The number of nitrogens with zero attached hydrogens (tertiary/aromatic N) is 1. The average molecular weight is 461 g/mol. The number of carbonyl (C=O) groups is 2. The number of hydrogen-bond acceptors (Lipinski definition) is 7. The van der Waals surface area contributed by atoms with E-state index in [1.165, 1.54) is 16.4 Å². The Labute approximate surface area is 188 Å². The standard InChI is InChI=1S/C23H28N2O6S/c1-3-31-23(27)17-11-13-25(14-12-17)32(28,29)21-6-4-5-18(15-21)22(26)16-24-19-7-9-20(30-2)10-8-19/h4-10,15,17,24H,3,11-14,16H2,1-2H3. The molecule has 1 N–H and O–H groups in total. The molecule has 0 aromatic heterocycles. The molecule has 8 nitrogen and oxygen atoms in total. The third kappa shape index (κ3) is 5.66. The summed E-state index contributed by atoms with van der Waals surface area (Å²) in [4.78, 5) is 24.6. The van der Waals surface area contributed by atoms with Gasteiger partial charge in [-0.2, -0.15) is 4.31 Å². The maximum atomic E-state index is 13.1. The first-order chi connectivity index (χ1) is 15.3. The minimum Gasteiger partial charge on any atom is -0.497 e. The van der Waals surface area contributed by atoms with E-state index in [0.717, 1.165) is 5.69 Å². The van der Waals surface area contributed by atoms with E-state index in [1.807, 2.05) is 0 Å². The van der Waals surface area contributed by atoms with E-state index in [-0.39, 0.29) is 42.2 Å². The summed E-state index contributed by atoms with van der Waals surface area (Å²) in [6, 6.07) is 13.2. The van der Waals surface area contributed by atoms with Gasteiger partial charge < -0.3 is 14.8 Å². The largest absolute Gasteiger partial charge is 0.497 e. The van der Waals surface area contributed by atoms with Gasteiger partial charge in [-0.15, -0.1) is 0 Å². The van der Waals surface area contributed by atoms with Crippen LogP contribution in [-0.2, 0) is 19.6 Å². The minimum absolute atomic E-state index is 0.0285. The molecule has 1 heterocycles. The van der Waals surface area contributed by atoms with Crippen LogP contribution >= 0.6 is 0 Å². The summed E-state index contributed by atoms with van der Waals surface area (Å²) in [6.07, 6.45) is 0.838. The van der Waals surface area contributed by atoms with Crippen molar-refractivity contribution in [2.45, 2.75) is 24.7 Å². The molecule has 1 aliphatic heterocycles. The van der Waals surface area contributed by atoms with Crippen LogP contribution in [0.25, 0.3) is 0 Å². The molecule has 0 atom stereocenters. The quantitative estimate of drug-likeness (QED) is 0.453. The van der Waals surface area contributed by atoms with Crippen LogP contribution in [-0.4, -0.2) is 57.8 Å². The van der Waals surface area contributed by atoms with Gasteiger partial charge in [0.2, 0.25) is 10.0 Å². The molecule has 1 fully saturated rings. The van der Waals surface area contributed by atoms with Gasteiger partial charge in [0, 0.05) is 24.3 Å². The molecule has 9 heteroatoms. The third-order valence-electron chi connectivity index (χ3n) is 5.41. The number of nitrogens with one attached hydrogen (secondary N) is 1. The fourth-order valence-corrected chi connectivity index (χ4v) is 5.08. The van der Waals surface area contributed by atoms with Crippen LogP contribution < -0.4 is 10.1 Å². The molecule has 0 aliphatic carbocycles. The molecule has 0 spiro atoms. The molecular weight excluding hydrogens is 432 g/mol. The number of benzene rings is 2. The highest BCUT2D eigenvalue weighted by Crippen LogP contribution is 2.25. The van der Waals surface area contributed by atoms with Gasteiger partial charge in [0.25, 0.3) is 0 Å². The van der Waals surface area contributed by atoms with Crippen molar-refractivity contribution >= 4 is 27.5 Å². The van der Waals surface area contributed by atoms with E-state index < -0.39 is 10.0 Å². The van der Waals surface area contributed by atoms with Crippen LogP contribution in [0.3, 0.4) is 0 Å². The Balaban J connectivity index is 1.64. The zero-order chi connectivity index (χ0) is 23.1. The van der Waals surface area contributed by atoms with Crippen LogP contribution in [0.4, 0.5) is 5.69 Å². The second-order valence-electron chi connectivity index (χ2n) is 7.46. The van der Waals surface area contributed by atoms with Gasteiger partial charge in [-0.25, -0.2) is 8.42 Å². The number of piperidine rings is 1. The predicted octanol–water partition coefficient (Wildman–Crippen LogP) is 2.95. The highest BCUT2D eigenvalue weighted by atomic mass is 32.2. The van der Waals surface area contributed by atoms with E-state index in [4.69, 9.17) is 9.47 Å². The topological polar surface area (TPSA) is 102 Å². The van der Waals surface area contributed by atoms with Crippen molar-refractivity contribution in [3.63, 3.8) is 0 Å². The number of carbonyl (C=O) groups excluding carboxylic acids is 2. The molecular formula is C23H28N2O6S. The molecule has 2 aromatic rings. The fourth-order valence-electron chi connectivity index (χ4n) is 3.56. The first-order valence-corrected chi connectivity index (χ1v) is 12.0. The van der Waals surface area contributed by atoms with Gasteiger partial charge in [0.05, 0.1) is 31.1 Å². The van der Waals surface area contributed by atoms with Crippen LogP contribution in [0.2, 0.25) is 0 Å². The van der Waals surface area contributed by atoms with Gasteiger partial charge >= 0.3 is 5.97 Å². The zero-order valence-corrected chi connectivity index (χ0v) is 19.1. The van der Waals surface area contributed by atoms with Crippen molar-refractivity contribution in [2.75, 3.05) is 38.7 Å². The lowest BCUT2D eigenvalue weighted by molar-refractivity contribution is -0.149. The molecule has 0 bridgehead atoms. The summed E-state index contributed by atoms with van der Waals surface area (Å²) in [5, 5.41) is 3.03. The summed E-state index contributed by atoms with van der Waals surface area (Å²) in [5.41, 5.74) is 1.07. The first-order valence-electron chi connectivity index (χ1n) is 10.5. The number of methoxy groups -OCH3 is 1. The lowest BCUT2D eigenvalue weighted by atomic mass is 9.98. The maximum absolute atomic E-state index is 13.1. The molecule has 0 radical (unpaired) electrons. The monoisotopic (exact) mass is 460 g/mol. The smallest absolute Gasteiger partial charge is 0.309 e. The normalized spacial score (nSPS) is 15.2.